The molecular weight excluding hydrogens is 309 g/mol. The number of halogens is 5. The highest BCUT2D eigenvalue weighted by Crippen LogP contribution is 2.35. The van der Waals surface area contributed by atoms with Crippen molar-refractivity contribution in [1.82, 2.24) is 9.97 Å². The fourth-order valence-electron chi connectivity index (χ4n) is 1.75. The largest absolute Gasteiger partial charge is 0.416 e. The number of nitrogens with zero attached hydrogens (tertiary/aromatic N) is 3. The summed E-state index contributed by atoms with van der Waals surface area (Å²) in [6.07, 6.45) is -4.93. The van der Waals surface area contributed by atoms with E-state index in [1.165, 1.54) is 6.07 Å². The molecule has 114 valence electrons. The second-order valence-corrected chi connectivity index (χ2v) is 4.12. The molecule has 0 bridgehead atoms. The van der Waals surface area contributed by atoms with Gasteiger partial charge in [0.25, 0.3) is 0 Å². The van der Waals surface area contributed by atoms with Crippen LogP contribution in [0.5, 0.6) is 0 Å². The number of nitrogens with two attached hydrogens (primary N) is 2. The Balaban J connectivity index is 2.78. The molecule has 0 aliphatic carbocycles. The monoisotopic (exact) mass is 315 g/mol. The van der Waals surface area contributed by atoms with Crippen LogP contribution in [0.1, 0.15) is 11.1 Å². The van der Waals surface area contributed by atoms with Crippen molar-refractivity contribution >= 4 is 11.8 Å². The lowest BCUT2D eigenvalue weighted by Crippen LogP contribution is -2.10. The maximum absolute atomic E-state index is 13.9. The van der Waals surface area contributed by atoms with Gasteiger partial charge in [0.1, 0.15) is 34.8 Å². The topological polar surface area (TPSA) is 102 Å². The third kappa shape index (κ3) is 2.60. The summed E-state index contributed by atoms with van der Waals surface area (Å²) in [4.78, 5) is 6.94. The Labute approximate surface area is 120 Å². The van der Waals surface area contributed by atoms with Gasteiger partial charge in [0.15, 0.2) is 0 Å². The summed E-state index contributed by atoms with van der Waals surface area (Å²) in [6, 6.07) is 1.71. The number of rotatable bonds is 1. The van der Waals surface area contributed by atoms with Gasteiger partial charge in [-0.3, -0.25) is 0 Å². The van der Waals surface area contributed by atoms with Gasteiger partial charge in [-0.1, -0.05) is 0 Å². The van der Waals surface area contributed by atoms with Crippen LogP contribution in [0.4, 0.5) is 33.7 Å². The van der Waals surface area contributed by atoms with Crippen LogP contribution in [0.15, 0.2) is 12.1 Å². The maximum Gasteiger partial charge on any atom is 0.416 e. The van der Waals surface area contributed by atoms with Crippen molar-refractivity contribution in [2.45, 2.75) is 6.18 Å². The predicted octanol–water partition coefficient (Wildman–Crippen LogP) is 2.48. The minimum Gasteiger partial charge on any atom is -0.382 e. The Morgan fingerprint density at radius 1 is 1.05 bits per heavy atom. The Bertz CT molecular complexity index is 771. The van der Waals surface area contributed by atoms with Gasteiger partial charge in [-0.05, 0) is 12.1 Å². The molecule has 1 heterocycles. The van der Waals surface area contributed by atoms with Gasteiger partial charge in [0.05, 0.1) is 11.1 Å². The second kappa shape index (κ2) is 5.10. The number of benzene rings is 1. The first-order valence-electron chi connectivity index (χ1n) is 5.54. The Kier molecular flexibility index (Phi) is 3.58. The fourth-order valence-corrected chi connectivity index (χ4v) is 1.75. The van der Waals surface area contributed by atoms with E-state index in [0.29, 0.717) is 0 Å². The van der Waals surface area contributed by atoms with E-state index < -0.39 is 52.0 Å². The molecular formula is C12H6F5N5. The first-order valence-corrected chi connectivity index (χ1v) is 5.54. The average Bonchev–Trinajstić information content (AvgIpc) is 2.36. The van der Waals surface area contributed by atoms with Crippen LogP contribution >= 0.6 is 0 Å². The lowest BCUT2D eigenvalue weighted by atomic mass is 10.0. The van der Waals surface area contributed by atoms with E-state index in [-0.39, 0.29) is 12.1 Å². The quantitative estimate of drug-likeness (QED) is 0.787. The molecule has 1 aromatic heterocycles. The standard InChI is InChI=1S/C12H6F5N5/c13-6-1-4(12(15,16)17)2-7(14)8(6)9-5(3-18)10(19)22-11(20)21-9/h1-2H,(H4,19,20,21,22). The van der Waals surface area contributed by atoms with Gasteiger partial charge in [-0.15, -0.1) is 0 Å². The molecule has 0 atom stereocenters. The molecule has 4 N–H and O–H groups in total. The summed E-state index contributed by atoms with van der Waals surface area (Å²) >= 11 is 0. The first-order chi connectivity index (χ1) is 10.1. The molecule has 0 spiro atoms. The third-order valence-electron chi connectivity index (χ3n) is 2.67. The highest BCUT2D eigenvalue weighted by atomic mass is 19.4. The van der Waals surface area contributed by atoms with Gasteiger partial charge in [-0.25, -0.2) is 13.8 Å². The highest BCUT2D eigenvalue weighted by Gasteiger charge is 2.33. The van der Waals surface area contributed by atoms with Crippen LogP contribution in [-0.2, 0) is 6.18 Å². The molecule has 22 heavy (non-hydrogen) atoms. The lowest BCUT2D eigenvalue weighted by Gasteiger charge is -2.12. The first kappa shape index (κ1) is 15.4. The molecule has 2 aromatic rings. The Morgan fingerprint density at radius 2 is 1.59 bits per heavy atom. The molecule has 1 aromatic carbocycles. The Morgan fingerprint density at radius 3 is 2.05 bits per heavy atom. The number of hydrogen-bond donors (Lipinski definition) is 2. The molecule has 0 unspecified atom stereocenters. The van der Waals surface area contributed by atoms with Crippen molar-refractivity contribution in [3.05, 3.63) is 34.9 Å². The molecule has 0 aliphatic heterocycles. The maximum atomic E-state index is 13.9. The summed E-state index contributed by atoms with van der Waals surface area (Å²) in [5.74, 6) is -4.03. The van der Waals surface area contributed by atoms with E-state index in [0.717, 1.165) is 0 Å². The molecule has 0 amide bonds. The van der Waals surface area contributed by atoms with Crippen LogP contribution < -0.4 is 11.5 Å². The van der Waals surface area contributed by atoms with Crippen molar-refractivity contribution in [3.8, 4) is 17.3 Å². The zero-order valence-electron chi connectivity index (χ0n) is 10.5. The fraction of sp³-hybridized carbons (Fsp3) is 0.0833. The number of hydrogen-bond acceptors (Lipinski definition) is 5. The van der Waals surface area contributed by atoms with E-state index in [9.17, 15) is 22.0 Å². The number of anilines is 2. The molecule has 10 heteroatoms. The van der Waals surface area contributed by atoms with Crippen LogP contribution in [0.25, 0.3) is 11.3 Å². The molecule has 0 saturated carbocycles. The number of aromatic nitrogens is 2. The van der Waals surface area contributed by atoms with E-state index in [1.807, 2.05) is 0 Å². The van der Waals surface area contributed by atoms with E-state index in [4.69, 9.17) is 16.7 Å². The van der Waals surface area contributed by atoms with Crippen LogP contribution in [0, 0.1) is 23.0 Å². The zero-order valence-corrected chi connectivity index (χ0v) is 10.5. The van der Waals surface area contributed by atoms with Crippen LogP contribution in [0.2, 0.25) is 0 Å². The SMILES string of the molecule is N#Cc1c(N)nc(N)nc1-c1c(F)cc(C(F)(F)F)cc1F. The van der Waals surface area contributed by atoms with Crippen molar-refractivity contribution in [2.75, 3.05) is 11.5 Å². The summed E-state index contributed by atoms with van der Waals surface area (Å²) in [5, 5.41) is 8.94. The second-order valence-electron chi connectivity index (χ2n) is 4.12. The highest BCUT2D eigenvalue weighted by molar-refractivity contribution is 5.74. The summed E-state index contributed by atoms with van der Waals surface area (Å²) in [7, 11) is 0. The van der Waals surface area contributed by atoms with Crippen molar-refractivity contribution < 1.29 is 22.0 Å². The number of nitriles is 1. The Hall–Kier alpha value is -2.96. The smallest absolute Gasteiger partial charge is 0.382 e. The summed E-state index contributed by atoms with van der Waals surface area (Å²) in [5.41, 5.74) is 7.11. The van der Waals surface area contributed by atoms with Gasteiger partial charge >= 0.3 is 6.18 Å². The number of alkyl halides is 3. The van der Waals surface area contributed by atoms with Crippen LogP contribution in [-0.4, -0.2) is 9.97 Å². The van der Waals surface area contributed by atoms with E-state index >= 15 is 0 Å². The van der Waals surface area contributed by atoms with Crippen molar-refractivity contribution in [2.24, 2.45) is 0 Å². The van der Waals surface area contributed by atoms with Gasteiger partial charge in [0, 0.05) is 0 Å². The molecule has 5 nitrogen and oxygen atoms in total. The van der Waals surface area contributed by atoms with Gasteiger partial charge < -0.3 is 11.5 Å². The predicted molar refractivity (Wildman–Crippen MR) is 65.9 cm³/mol. The molecule has 0 aliphatic rings. The minimum absolute atomic E-state index is 0.0913. The average molecular weight is 315 g/mol. The third-order valence-corrected chi connectivity index (χ3v) is 2.67. The van der Waals surface area contributed by atoms with Crippen molar-refractivity contribution in [1.29, 1.82) is 5.26 Å². The van der Waals surface area contributed by atoms with E-state index in [1.54, 1.807) is 0 Å². The molecule has 0 radical (unpaired) electrons. The van der Waals surface area contributed by atoms with Gasteiger partial charge in [-0.2, -0.15) is 23.4 Å². The van der Waals surface area contributed by atoms with E-state index in [2.05, 4.69) is 9.97 Å². The lowest BCUT2D eigenvalue weighted by molar-refractivity contribution is -0.137. The van der Waals surface area contributed by atoms with Crippen LogP contribution in [0.3, 0.4) is 0 Å². The number of nitrogen functional groups attached to an aromatic ring is 2. The minimum atomic E-state index is -4.93. The normalized spacial score (nSPS) is 11.3. The summed E-state index contributed by atoms with van der Waals surface area (Å²) < 4.78 is 65.3. The molecule has 0 saturated heterocycles. The summed E-state index contributed by atoms with van der Waals surface area (Å²) in [6.45, 7) is 0. The molecule has 0 fully saturated rings. The van der Waals surface area contributed by atoms with Gasteiger partial charge in [0.2, 0.25) is 5.95 Å². The zero-order chi connectivity index (χ0) is 16.7. The molecule has 2 rings (SSSR count). The van der Waals surface area contributed by atoms with Crippen molar-refractivity contribution in [3.63, 3.8) is 0 Å².